The number of anilines is 2. The summed E-state index contributed by atoms with van der Waals surface area (Å²) in [5.74, 6) is 0. The van der Waals surface area contributed by atoms with Crippen molar-refractivity contribution in [2.45, 2.75) is 0 Å². The van der Waals surface area contributed by atoms with Crippen molar-refractivity contribution in [2.75, 3.05) is 5.32 Å². The van der Waals surface area contributed by atoms with E-state index in [1.165, 1.54) is 5.39 Å². The Balaban J connectivity index is 1.97. The second kappa shape index (κ2) is 4.15. The predicted molar refractivity (Wildman–Crippen MR) is 73.0 cm³/mol. The maximum Gasteiger partial charge on any atom is 0.0640 e. The summed E-state index contributed by atoms with van der Waals surface area (Å²) in [4.78, 5) is 3.17. The van der Waals surface area contributed by atoms with Crippen molar-refractivity contribution in [1.29, 1.82) is 0 Å². The van der Waals surface area contributed by atoms with E-state index in [0.29, 0.717) is 0 Å². The van der Waals surface area contributed by atoms with Crippen LogP contribution in [0.4, 0.5) is 11.4 Å². The van der Waals surface area contributed by atoms with E-state index in [9.17, 15) is 0 Å². The summed E-state index contributed by atoms with van der Waals surface area (Å²) in [6.07, 6.45) is 1.93. The Kier molecular flexibility index (Phi) is 2.50. The number of rotatable bonds is 2. The SMILES string of the molecule is Clc1ccccc1Nc1ccc2[nH]ccc2c1. The van der Waals surface area contributed by atoms with Gasteiger partial charge >= 0.3 is 0 Å². The first-order chi connectivity index (χ1) is 8.33. The van der Waals surface area contributed by atoms with E-state index >= 15 is 0 Å². The van der Waals surface area contributed by atoms with E-state index < -0.39 is 0 Å². The van der Waals surface area contributed by atoms with E-state index in [2.05, 4.69) is 22.4 Å². The molecule has 1 aromatic heterocycles. The fourth-order valence-electron chi connectivity index (χ4n) is 1.85. The number of aromatic nitrogens is 1. The highest BCUT2D eigenvalue weighted by molar-refractivity contribution is 6.33. The van der Waals surface area contributed by atoms with Gasteiger partial charge in [0.15, 0.2) is 0 Å². The normalized spacial score (nSPS) is 10.6. The molecule has 0 radical (unpaired) electrons. The maximum absolute atomic E-state index is 6.10. The third-order valence-corrected chi connectivity index (χ3v) is 3.04. The molecule has 0 unspecified atom stereocenters. The number of aromatic amines is 1. The maximum atomic E-state index is 6.10. The van der Waals surface area contributed by atoms with Crippen LogP contribution in [0.3, 0.4) is 0 Å². The van der Waals surface area contributed by atoms with E-state index in [1.54, 1.807) is 0 Å². The third kappa shape index (κ3) is 1.99. The molecule has 0 aliphatic heterocycles. The lowest BCUT2D eigenvalue weighted by molar-refractivity contribution is 1.47. The Hall–Kier alpha value is -1.93. The number of halogens is 1. The van der Waals surface area contributed by atoms with Crippen LogP contribution in [0.25, 0.3) is 10.9 Å². The van der Waals surface area contributed by atoms with Crippen molar-refractivity contribution in [2.24, 2.45) is 0 Å². The van der Waals surface area contributed by atoms with E-state index in [-0.39, 0.29) is 0 Å². The van der Waals surface area contributed by atoms with Gasteiger partial charge in [-0.3, -0.25) is 0 Å². The van der Waals surface area contributed by atoms with Crippen LogP contribution >= 0.6 is 11.6 Å². The number of benzene rings is 2. The molecular formula is C14H11ClN2. The van der Waals surface area contributed by atoms with Crippen LogP contribution in [0.15, 0.2) is 54.7 Å². The Morgan fingerprint density at radius 2 is 1.88 bits per heavy atom. The molecule has 84 valence electrons. The molecule has 0 aliphatic carbocycles. The van der Waals surface area contributed by atoms with Crippen LogP contribution in [-0.4, -0.2) is 4.98 Å². The summed E-state index contributed by atoms with van der Waals surface area (Å²) in [7, 11) is 0. The van der Waals surface area contributed by atoms with Crippen LogP contribution in [-0.2, 0) is 0 Å². The Morgan fingerprint density at radius 3 is 2.76 bits per heavy atom. The van der Waals surface area contributed by atoms with Crippen molar-refractivity contribution in [3.8, 4) is 0 Å². The molecule has 3 heteroatoms. The molecule has 17 heavy (non-hydrogen) atoms. The molecule has 0 bridgehead atoms. The average molecular weight is 243 g/mol. The molecule has 0 aliphatic rings. The molecule has 0 saturated heterocycles. The summed E-state index contributed by atoms with van der Waals surface area (Å²) in [5.41, 5.74) is 3.09. The molecule has 2 aromatic carbocycles. The zero-order chi connectivity index (χ0) is 11.7. The minimum atomic E-state index is 0.724. The zero-order valence-electron chi connectivity index (χ0n) is 9.07. The van der Waals surface area contributed by atoms with Crippen LogP contribution in [0.5, 0.6) is 0 Å². The molecule has 0 spiro atoms. The first kappa shape index (κ1) is 10.2. The second-order valence-corrected chi connectivity index (χ2v) is 4.29. The molecule has 2 N–H and O–H groups in total. The fraction of sp³-hybridized carbons (Fsp3) is 0. The minimum Gasteiger partial charge on any atom is -0.361 e. The average Bonchev–Trinajstić information content (AvgIpc) is 2.79. The monoisotopic (exact) mass is 242 g/mol. The van der Waals surface area contributed by atoms with Crippen LogP contribution in [0.2, 0.25) is 5.02 Å². The van der Waals surface area contributed by atoms with Crippen LogP contribution in [0.1, 0.15) is 0 Å². The molecule has 0 fully saturated rings. The van der Waals surface area contributed by atoms with Crippen molar-refractivity contribution in [1.82, 2.24) is 4.98 Å². The zero-order valence-corrected chi connectivity index (χ0v) is 9.83. The molecule has 0 saturated carbocycles. The molecule has 1 heterocycles. The van der Waals surface area contributed by atoms with Gasteiger partial charge < -0.3 is 10.3 Å². The molecule has 0 amide bonds. The van der Waals surface area contributed by atoms with Gasteiger partial charge in [-0.1, -0.05) is 23.7 Å². The van der Waals surface area contributed by atoms with E-state index in [0.717, 1.165) is 21.9 Å². The third-order valence-electron chi connectivity index (χ3n) is 2.71. The summed E-state index contributed by atoms with van der Waals surface area (Å²) < 4.78 is 0. The summed E-state index contributed by atoms with van der Waals surface area (Å²) in [6, 6.07) is 15.9. The summed E-state index contributed by atoms with van der Waals surface area (Å²) in [5, 5.41) is 5.21. The number of fused-ring (bicyclic) bond motifs is 1. The van der Waals surface area contributed by atoms with Gasteiger partial charge in [0.2, 0.25) is 0 Å². The van der Waals surface area contributed by atoms with Crippen LogP contribution < -0.4 is 5.32 Å². The lowest BCUT2D eigenvalue weighted by Crippen LogP contribution is -1.90. The van der Waals surface area contributed by atoms with Crippen molar-refractivity contribution in [3.05, 3.63) is 59.8 Å². The number of hydrogen-bond acceptors (Lipinski definition) is 1. The Morgan fingerprint density at radius 1 is 1.00 bits per heavy atom. The Bertz CT molecular complexity index is 658. The van der Waals surface area contributed by atoms with Gasteiger partial charge in [0.05, 0.1) is 10.7 Å². The van der Waals surface area contributed by atoms with Gasteiger partial charge in [0, 0.05) is 22.8 Å². The number of nitrogens with one attached hydrogen (secondary N) is 2. The highest BCUT2D eigenvalue weighted by atomic mass is 35.5. The summed E-state index contributed by atoms with van der Waals surface area (Å²) in [6.45, 7) is 0. The van der Waals surface area contributed by atoms with E-state index in [1.807, 2.05) is 42.6 Å². The predicted octanol–water partition coefficient (Wildman–Crippen LogP) is 4.56. The molecule has 3 rings (SSSR count). The number of H-pyrrole nitrogens is 1. The first-order valence-corrected chi connectivity index (χ1v) is 5.79. The van der Waals surface area contributed by atoms with Crippen molar-refractivity contribution in [3.63, 3.8) is 0 Å². The van der Waals surface area contributed by atoms with Crippen LogP contribution in [0, 0.1) is 0 Å². The largest absolute Gasteiger partial charge is 0.361 e. The Labute approximate surface area is 104 Å². The standard InChI is InChI=1S/C14H11ClN2/c15-12-3-1-2-4-14(12)17-11-5-6-13-10(9-11)7-8-16-13/h1-9,16-17H. The topological polar surface area (TPSA) is 27.8 Å². The van der Waals surface area contributed by atoms with Gasteiger partial charge in [-0.2, -0.15) is 0 Å². The smallest absolute Gasteiger partial charge is 0.0640 e. The van der Waals surface area contributed by atoms with Gasteiger partial charge in [-0.15, -0.1) is 0 Å². The van der Waals surface area contributed by atoms with Crippen molar-refractivity contribution < 1.29 is 0 Å². The molecule has 2 nitrogen and oxygen atoms in total. The van der Waals surface area contributed by atoms with Gasteiger partial charge in [-0.25, -0.2) is 0 Å². The highest BCUT2D eigenvalue weighted by Crippen LogP contribution is 2.26. The minimum absolute atomic E-state index is 0.724. The quantitative estimate of drug-likeness (QED) is 0.677. The first-order valence-electron chi connectivity index (χ1n) is 5.42. The molecule has 0 atom stereocenters. The number of hydrogen-bond donors (Lipinski definition) is 2. The lowest BCUT2D eigenvalue weighted by atomic mass is 10.2. The lowest BCUT2D eigenvalue weighted by Gasteiger charge is -2.08. The molecular weight excluding hydrogens is 232 g/mol. The van der Waals surface area contributed by atoms with Crippen molar-refractivity contribution >= 4 is 33.9 Å². The van der Waals surface area contributed by atoms with Gasteiger partial charge in [-0.05, 0) is 36.4 Å². The molecule has 3 aromatic rings. The van der Waals surface area contributed by atoms with E-state index in [4.69, 9.17) is 11.6 Å². The van der Waals surface area contributed by atoms with Gasteiger partial charge in [0.25, 0.3) is 0 Å². The second-order valence-electron chi connectivity index (χ2n) is 3.88. The highest BCUT2D eigenvalue weighted by Gasteiger charge is 2.00. The fourth-order valence-corrected chi connectivity index (χ4v) is 2.03. The summed E-state index contributed by atoms with van der Waals surface area (Å²) >= 11 is 6.10. The van der Waals surface area contributed by atoms with Gasteiger partial charge in [0.1, 0.15) is 0 Å². The number of para-hydroxylation sites is 1.